The van der Waals surface area contributed by atoms with Crippen LogP contribution in [0.4, 0.5) is 5.82 Å². The number of pyridine rings is 1. The third kappa shape index (κ3) is 7.38. The fourth-order valence-corrected chi connectivity index (χ4v) is 3.19. The van der Waals surface area contributed by atoms with Gasteiger partial charge in [0.25, 0.3) is 0 Å². The fraction of sp³-hybridized carbons (Fsp3) is 0.684. The molecule has 142 valence electrons. The lowest BCUT2D eigenvalue weighted by molar-refractivity contribution is 0.304. The molecule has 1 aliphatic rings. The van der Waals surface area contributed by atoms with Gasteiger partial charge in [0.2, 0.25) is 0 Å². The van der Waals surface area contributed by atoms with E-state index in [9.17, 15) is 0 Å². The van der Waals surface area contributed by atoms with Crippen LogP contribution in [0.5, 0.6) is 0 Å². The summed E-state index contributed by atoms with van der Waals surface area (Å²) in [6.45, 7) is 5.89. The van der Waals surface area contributed by atoms with E-state index in [1.165, 1.54) is 32.1 Å². The Hall–Kier alpha value is -1.05. The second-order valence-corrected chi connectivity index (χ2v) is 6.85. The largest absolute Gasteiger partial charge is 0.363 e. The van der Waals surface area contributed by atoms with Crippen LogP contribution in [0, 0.1) is 5.92 Å². The molecule has 0 aliphatic heterocycles. The molecular formula is C19H34IN5. The minimum Gasteiger partial charge on any atom is -0.363 e. The molecule has 2 N–H and O–H groups in total. The van der Waals surface area contributed by atoms with Crippen LogP contribution < -0.4 is 15.5 Å². The molecular weight excluding hydrogens is 425 g/mol. The van der Waals surface area contributed by atoms with E-state index in [0.717, 1.165) is 29.9 Å². The van der Waals surface area contributed by atoms with Gasteiger partial charge in [-0.05, 0) is 50.7 Å². The summed E-state index contributed by atoms with van der Waals surface area (Å²) in [5.41, 5.74) is 0.994. The molecule has 0 radical (unpaired) electrons. The minimum atomic E-state index is 0. The smallest absolute Gasteiger partial charge is 0.191 e. The van der Waals surface area contributed by atoms with Gasteiger partial charge in [0.15, 0.2) is 5.96 Å². The number of anilines is 1. The van der Waals surface area contributed by atoms with Gasteiger partial charge in [0.05, 0.1) is 12.2 Å². The molecule has 0 saturated heterocycles. The Labute approximate surface area is 170 Å². The third-order valence-corrected chi connectivity index (χ3v) is 4.76. The van der Waals surface area contributed by atoms with Crippen LogP contribution in [-0.4, -0.2) is 37.6 Å². The van der Waals surface area contributed by atoms with Crippen molar-refractivity contribution in [2.45, 2.75) is 58.5 Å². The molecule has 0 spiro atoms. The average Bonchev–Trinajstić information content (AvgIpc) is 2.61. The summed E-state index contributed by atoms with van der Waals surface area (Å²) in [4.78, 5) is 11.4. The van der Waals surface area contributed by atoms with Gasteiger partial charge in [-0.1, -0.05) is 19.4 Å². The van der Waals surface area contributed by atoms with Gasteiger partial charge in [-0.25, -0.2) is 9.98 Å². The zero-order chi connectivity index (χ0) is 17.4. The van der Waals surface area contributed by atoms with E-state index >= 15 is 0 Å². The van der Waals surface area contributed by atoms with Crippen molar-refractivity contribution in [2.24, 2.45) is 10.9 Å². The second-order valence-electron chi connectivity index (χ2n) is 6.85. The summed E-state index contributed by atoms with van der Waals surface area (Å²) in [5, 5.41) is 6.97. The molecule has 25 heavy (non-hydrogen) atoms. The highest BCUT2D eigenvalue weighted by molar-refractivity contribution is 14.0. The Kier molecular flexibility index (Phi) is 10.2. The van der Waals surface area contributed by atoms with Crippen LogP contribution in [0.25, 0.3) is 0 Å². The molecule has 0 atom stereocenters. The molecule has 1 aromatic rings. The Morgan fingerprint density at radius 1 is 1.20 bits per heavy atom. The lowest BCUT2D eigenvalue weighted by atomic mass is 9.84. The van der Waals surface area contributed by atoms with Crippen LogP contribution in [-0.2, 0) is 6.54 Å². The van der Waals surface area contributed by atoms with Crippen LogP contribution >= 0.6 is 24.0 Å². The SMILES string of the molecule is CCNC(=NCc1cccc(N(C)C)n1)NC1CCC(CC)CC1.I. The maximum absolute atomic E-state index is 4.73. The minimum absolute atomic E-state index is 0. The molecule has 0 bridgehead atoms. The lowest BCUT2D eigenvalue weighted by Crippen LogP contribution is -2.44. The van der Waals surface area contributed by atoms with Crippen LogP contribution in [0.3, 0.4) is 0 Å². The Morgan fingerprint density at radius 3 is 2.52 bits per heavy atom. The zero-order valence-corrected chi connectivity index (χ0v) is 18.4. The van der Waals surface area contributed by atoms with Gasteiger partial charge in [0, 0.05) is 26.7 Å². The third-order valence-electron chi connectivity index (χ3n) is 4.76. The molecule has 2 rings (SSSR count). The number of hydrogen-bond acceptors (Lipinski definition) is 3. The van der Waals surface area contributed by atoms with Gasteiger partial charge < -0.3 is 15.5 Å². The van der Waals surface area contributed by atoms with E-state index < -0.39 is 0 Å². The monoisotopic (exact) mass is 459 g/mol. The number of halogens is 1. The van der Waals surface area contributed by atoms with Crippen molar-refractivity contribution in [1.82, 2.24) is 15.6 Å². The molecule has 1 saturated carbocycles. The summed E-state index contributed by atoms with van der Waals surface area (Å²) in [5.74, 6) is 2.80. The van der Waals surface area contributed by atoms with Crippen LogP contribution in [0.2, 0.25) is 0 Å². The number of hydrogen-bond donors (Lipinski definition) is 2. The van der Waals surface area contributed by atoms with Crippen LogP contribution in [0.1, 0.15) is 51.6 Å². The number of nitrogens with one attached hydrogen (secondary N) is 2. The zero-order valence-electron chi connectivity index (χ0n) is 16.1. The Balaban J connectivity index is 0.00000312. The summed E-state index contributed by atoms with van der Waals surface area (Å²) in [6.07, 6.45) is 6.48. The molecule has 1 aromatic heterocycles. The molecule has 1 aliphatic carbocycles. The van der Waals surface area contributed by atoms with Gasteiger partial charge in [-0.15, -0.1) is 24.0 Å². The van der Waals surface area contributed by atoms with E-state index in [2.05, 4.69) is 29.5 Å². The van der Waals surface area contributed by atoms with E-state index in [4.69, 9.17) is 4.99 Å². The standard InChI is InChI=1S/C19H33N5.HI/c1-5-15-10-12-16(13-11-15)23-19(20-6-2)21-14-17-8-7-9-18(22-17)24(3)4;/h7-9,15-16H,5-6,10-14H2,1-4H3,(H2,20,21,23);1H. The van der Waals surface area contributed by atoms with Crippen molar-refractivity contribution in [3.8, 4) is 0 Å². The van der Waals surface area contributed by atoms with E-state index in [1.54, 1.807) is 0 Å². The van der Waals surface area contributed by atoms with Gasteiger partial charge >= 0.3 is 0 Å². The van der Waals surface area contributed by atoms with E-state index in [1.807, 2.05) is 37.2 Å². The normalized spacial score (nSPS) is 20.6. The second kappa shape index (κ2) is 11.5. The molecule has 0 unspecified atom stereocenters. The van der Waals surface area contributed by atoms with Gasteiger partial charge in [-0.3, -0.25) is 0 Å². The fourth-order valence-electron chi connectivity index (χ4n) is 3.19. The molecule has 1 fully saturated rings. The number of nitrogens with zero attached hydrogens (tertiary/aromatic N) is 3. The molecule has 6 heteroatoms. The first kappa shape index (κ1) is 22.0. The lowest BCUT2D eigenvalue weighted by Gasteiger charge is -2.29. The van der Waals surface area contributed by atoms with E-state index in [-0.39, 0.29) is 24.0 Å². The molecule has 0 aromatic carbocycles. The van der Waals surface area contributed by atoms with Crippen LogP contribution in [0.15, 0.2) is 23.2 Å². The first-order chi connectivity index (χ1) is 11.6. The average molecular weight is 459 g/mol. The predicted molar refractivity (Wildman–Crippen MR) is 118 cm³/mol. The molecule has 0 amide bonds. The number of aliphatic imine (C=N–C) groups is 1. The first-order valence-corrected chi connectivity index (χ1v) is 9.30. The van der Waals surface area contributed by atoms with Crippen molar-refractivity contribution in [3.05, 3.63) is 23.9 Å². The summed E-state index contributed by atoms with van der Waals surface area (Å²) < 4.78 is 0. The summed E-state index contributed by atoms with van der Waals surface area (Å²) >= 11 is 0. The quantitative estimate of drug-likeness (QED) is 0.386. The van der Waals surface area contributed by atoms with E-state index in [0.29, 0.717) is 12.6 Å². The van der Waals surface area contributed by atoms with Gasteiger partial charge in [0.1, 0.15) is 5.82 Å². The molecule has 1 heterocycles. The number of aromatic nitrogens is 1. The Morgan fingerprint density at radius 2 is 1.92 bits per heavy atom. The number of guanidine groups is 1. The first-order valence-electron chi connectivity index (χ1n) is 9.30. The predicted octanol–water partition coefficient (Wildman–Crippen LogP) is 3.79. The van der Waals surface area contributed by atoms with Crippen molar-refractivity contribution in [3.63, 3.8) is 0 Å². The summed E-state index contributed by atoms with van der Waals surface area (Å²) in [6, 6.07) is 6.64. The highest BCUT2D eigenvalue weighted by Crippen LogP contribution is 2.26. The highest BCUT2D eigenvalue weighted by atomic mass is 127. The maximum atomic E-state index is 4.73. The summed E-state index contributed by atoms with van der Waals surface area (Å²) in [7, 11) is 4.02. The topological polar surface area (TPSA) is 52.6 Å². The molecule has 5 nitrogen and oxygen atoms in total. The highest BCUT2D eigenvalue weighted by Gasteiger charge is 2.20. The maximum Gasteiger partial charge on any atom is 0.191 e. The number of rotatable bonds is 6. The van der Waals surface area contributed by atoms with Crippen molar-refractivity contribution < 1.29 is 0 Å². The van der Waals surface area contributed by atoms with Crippen molar-refractivity contribution in [1.29, 1.82) is 0 Å². The Bertz CT molecular complexity index is 524. The van der Waals surface area contributed by atoms with Gasteiger partial charge in [-0.2, -0.15) is 0 Å². The van der Waals surface area contributed by atoms with Crippen molar-refractivity contribution in [2.75, 3.05) is 25.5 Å². The van der Waals surface area contributed by atoms with Crippen molar-refractivity contribution >= 4 is 35.8 Å².